The van der Waals surface area contributed by atoms with Crippen LogP contribution in [0.25, 0.3) is 0 Å². The van der Waals surface area contributed by atoms with Gasteiger partial charge in [-0.1, -0.05) is 19.1 Å². The third kappa shape index (κ3) is 4.24. The average molecular weight is 250 g/mol. The Morgan fingerprint density at radius 3 is 2.35 bits per heavy atom. The van der Waals surface area contributed by atoms with Gasteiger partial charge in [-0.15, -0.1) is 11.8 Å². The van der Waals surface area contributed by atoms with Crippen LogP contribution in [0.3, 0.4) is 0 Å². The Kier molecular flexibility index (Phi) is 5.24. The summed E-state index contributed by atoms with van der Waals surface area (Å²) in [4.78, 5) is 0.421. The lowest BCUT2D eigenvalue weighted by molar-refractivity contribution is 0.594. The topological polar surface area (TPSA) is 34.1 Å². The highest BCUT2D eigenvalue weighted by atomic mass is 32.2. The molecule has 17 heavy (non-hydrogen) atoms. The fraction of sp³-hybridized carbons (Fsp3) is 0.429. The first kappa shape index (κ1) is 13.8. The SMILES string of the molecule is CC#CCCc1ccc(S(=O)(=O)CCC)cc1. The van der Waals surface area contributed by atoms with E-state index in [-0.39, 0.29) is 5.75 Å². The van der Waals surface area contributed by atoms with E-state index < -0.39 is 9.84 Å². The lowest BCUT2D eigenvalue weighted by Crippen LogP contribution is -2.05. The van der Waals surface area contributed by atoms with Crippen LogP contribution in [-0.4, -0.2) is 14.2 Å². The molecule has 0 spiro atoms. The van der Waals surface area contributed by atoms with E-state index in [9.17, 15) is 8.42 Å². The van der Waals surface area contributed by atoms with Crippen molar-refractivity contribution in [1.82, 2.24) is 0 Å². The summed E-state index contributed by atoms with van der Waals surface area (Å²) in [5.74, 6) is 6.05. The molecule has 0 aromatic heterocycles. The van der Waals surface area contributed by atoms with Gasteiger partial charge in [-0.25, -0.2) is 8.42 Å². The van der Waals surface area contributed by atoms with Crippen molar-refractivity contribution >= 4 is 9.84 Å². The molecule has 92 valence electrons. The van der Waals surface area contributed by atoms with Crippen LogP contribution in [0.2, 0.25) is 0 Å². The van der Waals surface area contributed by atoms with Gasteiger partial charge in [0.1, 0.15) is 0 Å². The zero-order valence-electron chi connectivity index (χ0n) is 10.4. The second-order valence-electron chi connectivity index (χ2n) is 3.89. The molecule has 0 aliphatic rings. The van der Waals surface area contributed by atoms with E-state index in [2.05, 4.69) is 11.8 Å². The molecule has 0 heterocycles. The number of hydrogen-bond donors (Lipinski definition) is 0. The Morgan fingerprint density at radius 2 is 1.82 bits per heavy atom. The lowest BCUT2D eigenvalue weighted by Gasteiger charge is -2.04. The fourth-order valence-corrected chi connectivity index (χ4v) is 2.91. The second kappa shape index (κ2) is 6.46. The van der Waals surface area contributed by atoms with Crippen molar-refractivity contribution < 1.29 is 8.42 Å². The van der Waals surface area contributed by atoms with Crippen LogP contribution in [0.5, 0.6) is 0 Å². The summed E-state index contributed by atoms with van der Waals surface area (Å²) >= 11 is 0. The fourth-order valence-electron chi connectivity index (χ4n) is 1.58. The van der Waals surface area contributed by atoms with Gasteiger partial charge in [0.05, 0.1) is 10.6 Å². The predicted molar refractivity (Wildman–Crippen MR) is 70.6 cm³/mol. The smallest absolute Gasteiger partial charge is 0.178 e. The van der Waals surface area contributed by atoms with E-state index in [1.807, 2.05) is 26.0 Å². The molecule has 1 aromatic rings. The monoisotopic (exact) mass is 250 g/mol. The van der Waals surface area contributed by atoms with Gasteiger partial charge in [-0.05, 0) is 37.5 Å². The van der Waals surface area contributed by atoms with E-state index in [1.54, 1.807) is 12.1 Å². The largest absolute Gasteiger partial charge is 0.224 e. The second-order valence-corrected chi connectivity index (χ2v) is 6.00. The predicted octanol–water partition coefficient (Wildman–Crippen LogP) is 2.83. The Morgan fingerprint density at radius 1 is 1.18 bits per heavy atom. The van der Waals surface area contributed by atoms with E-state index >= 15 is 0 Å². The zero-order chi connectivity index (χ0) is 12.7. The molecule has 0 N–H and O–H groups in total. The van der Waals surface area contributed by atoms with Crippen molar-refractivity contribution in [3.63, 3.8) is 0 Å². The zero-order valence-corrected chi connectivity index (χ0v) is 11.2. The highest BCUT2D eigenvalue weighted by molar-refractivity contribution is 7.91. The number of rotatable bonds is 5. The molecule has 1 rings (SSSR count). The van der Waals surface area contributed by atoms with Crippen molar-refractivity contribution in [2.45, 2.75) is 38.0 Å². The quantitative estimate of drug-likeness (QED) is 0.753. The summed E-state index contributed by atoms with van der Waals surface area (Å²) in [6.07, 6.45) is 2.34. The summed E-state index contributed by atoms with van der Waals surface area (Å²) in [6.45, 7) is 3.69. The number of sulfone groups is 1. The van der Waals surface area contributed by atoms with Gasteiger partial charge in [0, 0.05) is 6.42 Å². The lowest BCUT2D eigenvalue weighted by atomic mass is 10.1. The van der Waals surface area contributed by atoms with Gasteiger partial charge in [0.25, 0.3) is 0 Å². The molecule has 0 atom stereocenters. The number of aryl methyl sites for hydroxylation is 1. The third-order valence-electron chi connectivity index (χ3n) is 2.47. The molecule has 0 aliphatic carbocycles. The molecule has 0 aliphatic heterocycles. The molecular weight excluding hydrogens is 232 g/mol. The number of benzene rings is 1. The van der Waals surface area contributed by atoms with Crippen molar-refractivity contribution in [1.29, 1.82) is 0 Å². The molecule has 0 saturated carbocycles. The first-order valence-electron chi connectivity index (χ1n) is 5.81. The van der Waals surface area contributed by atoms with Gasteiger partial charge in [-0.3, -0.25) is 0 Å². The van der Waals surface area contributed by atoms with E-state index in [1.165, 1.54) is 0 Å². The summed E-state index contributed by atoms with van der Waals surface area (Å²) in [6, 6.07) is 7.14. The Hall–Kier alpha value is -1.27. The van der Waals surface area contributed by atoms with Crippen molar-refractivity contribution in [3.05, 3.63) is 29.8 Å². The maximum atomic E-state index is 11.8. The number of hydrogen-bond acceptors (Lipinski definition) is 2. The van der Waals surface area contributed by atoms with Gasteiger partial charge in [0.15, 0.2) is 9.84 Å². The van der Waals surface area contributed by atoms with E-state index in [0.29, 0.717) is 11.3 Å². The normalized spacial score (nSPS) is 10.7. The van der Waals surface area contributed by atoms with Gasteiger partial charge in [0.2, 0.25) is 0 Å². The van der Waals surface area contributed by atoms with E-state index in [4.69, 9.17) is 0 Å². The Bertz CT molecular complexity index is 501. The minimum Gasteiger partial charge on any atom is -0.224 e. The van der Waals surface area contributed by atoms with Crippen LogP contribution in [0, 0.1) is 11.8 Å². The van der Waals surface area contributed by atoms with Crippen molar-refractivity contribution in [3.8, 4) is 11.8 Å². The molecule has 0 unspecified atom stereocenters. The highest BCUT2D eigenvalue weighted by Crippen LogP contribution is 2.14. The minimum absolute atomic E-state index is 0.216. The van der Waals surface area contributed by atoms with Crippen LogP contribution in [0.15, 0.2) is 29.2 Å². The average Bonchev–Trinajstić information content (AvgIpc) is 2.30. The molecule has 0 radical (unpaired) electrons. The van der Waals surface area contributed by atoms with Crippen molar-refractivity contribution in [2.75, 3.05) is 5.75 Å². The molecular formula is C14H18O2S. The standard InChI is InChI=1S/C14H18O2S/c1-3-5-6-7-13-8-10-14(11-9-13)17(15,16)12-4-2/h8-11H,4,6-7,12H2,1-2H3. The summed E-state index contributed by atoms with van der Waals surface area (Å²) in [7, 11) is -3.08. The Balaban J connectivity index is 2.76. The third-order valence-corrected chi connectivity index (χ3v) is 4.41. The molecule has 0 bridgehead atoms. The van der Waals surface area contributed by atoms with Crippen molar-refractivity contribution in [2.24, 2.45) is 0 Å². The van der Waals surface area contributed by atoms with Gasteiger partial charge < -0.3 is 0 Å². The van der Waals surface area contributed by atoms with Crippen LogP contribution in [0.4, 0.5) is 0 Å². The molecule has 3 heteroatoms. The van der Waals surface area contributed by atoms with Crippen LogP contribution in [-0.2, 0) is 16.3 Å². The summed E-state index contributed by atoms with van der Waals surface area (Å²) < 4.78 is 23.6. The first-order chi connectivity index (χ1) is 8.10. The van der Waals surface area contributed by atoms with E-state index in [0.717, 1.165) is 18.4 Å². The Labute approximate surface area is 104 Å². The molecule has 2 nitrogen and oxygen atoms in total. The molecule has 0 saturated heterocycles. The molecule has 0 fully saturated rings. The minimum atomic E-state index is -3.08. The maximum Gasteiger partial charge on any atom is 0.178 e. The summed E-state index contributed by atoms with van der Waals surface area (Å²) in [5.41, 5.74) is 1.13. The first-order valence-corrected chi connectivity index (χ1v) is 7.46. The van der Waals surface area contributed by atoms with Crippen LogP contribution in [0.1, 0.15) is 32.3 Å². The van der Waals surface area contributed by atoms with Crippen LogP contribution < -0.4 is 0 Å². The van der Waals surface area contributed by atoms with Gasteiger partial charge >= 0.3 is 0 Å². The molecule has 0 amide bonds. The maximum absolute atomic E-state index is 11.8. The highest BCUT2D eigenvalue weighted by Gasteiger charge is 2.12. The van der Waals surface area contributed by atoms with Crippen LogP contribution >= 0.6 is 0 Å². The summed E-state index contributed by atoms with van der Waals surface area (Å²) in [5, 5.41) is 0. The molecule has 1 aromatic carbocycles. The van der Waals surface area contributed by atoms with Gasteiger partial charge in [-0.2, -0.15) is 0 Å².